The maximum absolute atomic E-state index is 12.8. The summed E-state index contributed by atoms with van der Waals surface area (Å²) in [7, 11) is 1.71. The van der Waals surface area contributed by atoms with Gasteiger partial charge >= 0.3 is 0 Å². The predicted molar refractivity (Wildman–Crippen MR) is 111 cm³/mol. The third-order valence-corrected chi connectivity index (χ3v) is 4.78. The number of aryl methyl sites for hydroxylation is 2. The Bertz CT molecular complexity index is 933. The summed E-state index contributed by atoms with van der Waals surface area (Å²) in [4.78, 5) is 18.8. The molecule has 3 aromatic rings. The number of likely N-dealkylation sites (N-methyl/N-ethyl adjacent to an activating group) is 1. The summed E-state index contributed by atoms with van der Waals surface area (Å²) in [6, 6.07) is 15.7. The largest absolute Gasteiger partial charge is 0.481 e. The van der Waals surface area contributed by atoms with Crippen LogP contribution in [0.2, 0.25) is 0 Å². The maximum atomic E-state index is 12.8. The number of carbonyl (C=O) groups excluding carboxylic acids is 1. The summed E-state index contributed by atoms with van der Waals surface area (Å²) in [6.07, 6.45) is 0.970. The van der Waals surface area contributed by atoms with Crippen molar-refractivity contribution in [3.8, 4) is 17.1 Å². The average molecular weight is 393 g/mol. The fourth-order valence-corrected chi connectivity index (χ4v) is 2.94. The van der Waals surface area contributed by atoms with Crippen LogP contribution >= 0.6 is 0 Å². The summed E-state index contributed by atoms with van der Waals surface area (Å²) in [6.45, 7) is 6.28. The number of carbonyl (C=O) groups is 1. The predicted octanol–water partition coefficient (Wildman–Crippen LogP) is 4.42. The Labute approximate surface area is 171 Å². The minimum absolute atomic E-state index is 0.123. The van der Waals surface area contributed by atoms with Crippen molar-refractivity contribution in [3.63, 3.8) is 0 Å². The third kappa shape index (κ3) is 5.22. The van der Waals surface area contributed by atoms with Gasteiger partial charge in [-0.15, -0.1) is 0 Å². The molecule has 29 heavy (non-hydrogen) atoms. The summed E-state index contributed by atoms with van der Waals surface area (Å²) < 4.78 is 11.2. The van der Waals surface area contributed by atoms with Crippen molar-refractivity contribution in [2.75, 3.05) is 7.05 Å². The molecular formula is C23H27N3O3. The Morgan fingerprint density at radius 2 is 1.79 bits per heavy atom. The summed E-state index contributed by atoms with van der Waals surface area (Å²) in [5, 5.41) is 4.02. The maximum Gasteiger partial charge on any atom is 0.263 e. The monoisotopic (exact) mass is 393 g/mol. The molecule has 152 valence electrons. The van der Waals surface area contributed by atoms with Crippen molar-refractivity contribution in [1.82, 2.24) is 15.0 Å². The number of hydrogen-bond acceptors (Lipinski definition) is 5. The lowest BCUT2D eigenvalue weighted by Crippen LogP contribution is -2.39. The van der Waals surface area contributed by atoms with Crippen LogP contribution in [0.4, 0.5) is 0 Å². The molecule has 0 aliphatic carbocycles. The second-order valence-electron chi connectivity index (χ2n) is 7.08. The van der Waals surface area contributed by atoms with Gasteiger partial charge < -0.3 is 14.2 Å². The van der Waals surface area contributed by atoms with Crippen LogP contribution in [0, 0.1) is 6.92 Å². The topological polar surface area (TPSA) is 68.5 Å². The van der Waals surface area contributed by atoms with Gasteiger partial charge in [-0.2, -0.15) is 4.98 Å². The fraction of sp³-hybridized carbons (Fsp3) is 0.348. The van der Waals surface area contributed by atoms with E-state index in [0.29, 0.717) is 23.9 Å². The molecule has 0 radical (unpaired) electrons. The molecule has 0 bridgehead atoms. The van der Waals surface area contributed by atoms with Crippen LogP contribution in [0.5, 0.6) is 5.75 Å². The Morgan fingerprint density at radius 3 is 2.41 bits per heavy atom. The van der Waals surface area contributed by atoms with Crippen molar-refractivity contribution < 1.29 is 14.1 Å². The van der Waals surface area contributed by atoms with Crippen molar-refractivity contribution in [2.45, 2.75) is 46.3 Å². The lowest BCUT2D eigenvalue weighted by atomic mass is 10.1. The van der Waals surface area contributed by atoms with Gasteiger partial charge in [-0.1, -0.05) is 61.0 Å². The van der Waals surface area contributed by atoms with Crippen LogP contribution in [-0.2, 0) is 17.8 Å². The molecule has 1 amide bonds. The van der Waals surface area contributed by atoms with Crippen molar-refractivity contribution >= 4 is 5.91 Å². The first kappa shape index (κ1) is 20.6. The SMILES string of the molecule is CCc1ccc(O[C@H](CC)C(=O)N(C)Cc2nc(-c3ccc(C)cc3)no2)cc1. The van der Waals surface area contributed by atoms with Gasteiger partial charge in [0.15, 0.2) is 6.10 Å². The van der Waals surface area contributed by atoms with Gasteiger partial charge in [0.25, 0.3) is 5.91 Å². The molecule has 1 aromatic heterocycles. The highest BCUT2D eigenvalue weighted by Crippen LogP contribution is 2.19. The molecule has 0 unspecified atom stereocenters. The van der Waals surface area contributed by atoms with E-state index in [0.717, 1.165) is 17.5 Å². The molecule has 0 saturated carbocycles. The molecular weight excluding hydrogens is 366 g/mol. The van der Waals surface area contributed by atoms with Gasteiger partial charge in [0.05, 0.1) is 6.54 Å². The fourth-order valence-electron chi connectivity index (χ4n) is 2.94. The van der Waals surface area contributed by atoms with Crippen LogP contribution in [0.3, 0.4) is 0 Å². The van der Waals surface area contributed by atoms with E-state index >= 15 is 0 Å². The van der Waals surface area contributed by atoms with Crippen molar-refractivity contribution in [1.29, 1.82) is 0 Å². The van der Waals surface area contributed by atoms with E-state index in [1.165, 1.54) is 5.56 Å². The molecule has 0 aliphatic heterocycles. The van der Waals surface area contributed by atoms with Gasteiger partial charge in [0.1, 0.15) is 5.75 Å². The first-order valence-corrected chi connectivity index (χ1v) is 9.90. The first-order chi connectivity index (χ1) is 14.0. The number of aromatic nitrogens is 2. The molecule has 6 heteroatoms. The van der Waals surface area contributed by atoms with E-state index < -0.39 is 6.10 Å². The van der Waals surface area contributed by atoms with Gasteiger partial charge in [-0.3, -0.25) is 4.79 Å². The molecule has 2 aromatic carbocycles. The summed E-state index contributed by atoms with van der Waals surface area (Å²) in [5.74, 6) is 1.47. The molecule has 0 fully saturated rings. The highest BCUT2D eigenvalue weighted by molar-refractivity contribution is 5.80. The van der Waals surface area contributed by atoms with Crippen molar-refractivity contribution in [3.05, 3.63) is 65.5 Å². The lowest BCUT2D eigenvalue weighted by Gasteiger charge is -2.22. The lowest BCUT2D eigenvalue weighted by molar-refractivity contribution is -0.138. The molecule has 1 heterocycles. The number of hydrogen-bond donors (Lipinski definition) is 0. The third-order valence-electron chi connectivity index (χ3n) is 4.78. The molecule has 0 spiro atoms. The second-order valence-corrected chi connectivity index (χ2v) is 7.08. The zero-order valence-electron chi connectivity index (χ0n) is 17.4. The van der Waals surface area contributed by atoms with E-state index in [-0.39, 0.29) is 12.5 Å². The standard InChI is InChI=1S/C23H27N3O3/c1-5-17-9-13-19(14-10-17)28-20(6-2)23(27)26(4)15-21-24-22(25-29-21)18-11-7-16(3)8-12-18/h7-14,20H,5-6,15H2,1-4H3/t20-/m1/s1. The molecule has 0 aliphatic rings. The minimum Gasteiger partial charge on any atom is -0.481 e. The van der Waals surface area contributed by atoms with Crippen LogP contribution in [-0.4, -0.2) is 34.1 Å². The highest BCUT2D eigenvalue weighted by Gasteiger charge is 2.24. The Morgan fingerprint density at radius 1 is 1.10 bits per heavy atom. The quantitative estimate of drug-likeness (QED) is 0.566. The number of amides is 1. The molecule has 0 N–H and O–H groups in total. The smallest absolute Gasteiger partial charge is 0.263 e. The van der Waals surface area contributed by atoms with Crippen LogP contribution in [0.25, 0.3) is 11.4 Å². The summed E-state index contributed by atoms with van der Waals surface area (Å²) >= 11 is 0. The Balaban J connectivity index is 1.63. The molecule has 1 atom stereocenters. The zero-order valence-corrected chi connectivity index (χ0v) is 17.4. The molecule has 3 rings (SSSR count). The summed E-state index contributed by atoms with van der Waals surface area (Å²) in [5.41, 5.74) is 3.28. The Hall–Kier alpha value is -3.15. The van der Waals surface area contributed by atoms with E-state index in [9.17, 15) is 4.79 Å². The number of rotatable bonds is 8. The van der Waals surface area contributed by atoms with Crippen LogP contribution < -0.4 is 4.74 Å². The zero-order chi connectivity index (χ0) is 20.8. The number of ether oxygens (including phenoxy) is 1. The van der Waals surface area contributed by atoms with Gasteiger partial charge in [0, 0.05) is 12.6 Å². The normalized spacial score (nSPS) is 11.9. The van der Waals surface area contributed by atoms with Gasteiger partial charge in [-0.25, -0.2) is 0 Å². The highest BCUT2D eigenvalue weighted by atomic mass is 16.5. The minimum atomic E-state index is -0.563. The molecule has 6 nitrogen and oxygen atoms in total. The van der Waals surface area contributed by atoms with Crippen molar-refractivity contribution in [2.24, 2.45) is 0 Å². The van der Waals surface area contributed by atoms with Gasteiger partial charge in [0.2, 0.25) is 11.7 Å². The average Bonchev–Trinajstić information content (AvgIpc) is 3.20. The first-order valence-electron chi connectivity index (χ1n) is 9.90. The number of nitrogens with zero attached hydrogens (tertiary/aromatic N) is 3. The van der Waals surface area contributed by atoms with E-state index in [2.05, 4.69) is 17.1 Å². The number of benzene rings is 2. The van der Waals surface area contributed by atoms with Crippen LogP contribution in [0.15, 0.2) is 53.1 Å². The molecule has 0 saturated heterocycles. The van der Waals surface area contributed by atoms with E-state index in [1.807, 2.05) is 62.4 Å². The van der Waals surface area contributed by atoms with E-state index in [1.54, 1.807) is 11.9 Å². The second kappa shape index (κ2) is 9.37. The van der Waals surface area contributed by atoms with Crippen LogP contribution in [0.1, 0.15) is 37.3 Å². The Kier molecular flexibility index (Phi) is 6.65. The van der Waals surface area contributed by atoms with E-state index in [4.69, 9.17) is 9.26 Å². The van der Waals surface area contributed by atoms with Gasteiger partial charge in [-0.05, 0) is 37.5 Å².